The van der Waals surface area contributed by atoms with E-state index in [1.165, 1.54) is 7.11 Å². The molecule has 1 unspecified atom stereocenters. The highest BCUT2D eigenvalue weighted by atomic mass is 32.9. The summed E-state index contributed by atoms with van der Waals surface area (Å²) in [6.07, 6.45) is 3.24. The predicted molar refractivity (Wildman–Crippen MR) is 55.1 cm³/mol. The normalized spacial score (nSPS) is 15.2. The van der Waals surface area contributed by atoms with Crippen molar-refractivity contribution in [2.75, 3.05) is 7.11 Å². The molecule has 6 heteroatoms. The summed E-state index contributed by atoms with van der Waals surface area (Å²) in [6.45, 7) is 0. The topological polar surface area (TPSA) is 31.4 Å². The van der Waals surface area contributed by atoms with E-state index in [9.17, 15) is 0 Å². The number of hydrogen-bond donors (Lipinski definition) is 1. The molecule has 66 valence electrons. The van der Waals surface area contributed by atoms with E-state index in [4.69, 9.17) is 20.9 Å². The lowest BCUT2D eigenvalue weighted by Crippen LogP contribution is -1.88. The minimum Gasteiger partial charge on any atom is -0.436 e. The highest BCUT2D eigenvalue weighted by molar-refractivity contribution is 8.60. The molecule has 0 aromatic carbocycles. The molecular weight excluding hydrogens is 213 g/mol. The van der Waals surface area contributed by atoms with Gasteiger partial charge < -0.3 is 9.05 Å². The van der Waals surface area contributed by atoms with E-state index in [2.05, 4.69) is 17.2 Å². The Labute approximate surface area is 81.4 Å². The number of hydrogen-bond acceptors (Lipinski definition) is 4. The lowest BCUT2D eigenvalue weighted by atomic mass is 10.5. The van der Waals surface area contributed by atoms with Crippen molar-refractivity contribution < 1.29 is 9.05 Å². The van der Waals surface area contributed by atoms with E-state index in [1.807, 2.05) is 0 Å². The average molecular weight is 221 g/mol. The molecule has 1 heterocycles. The molecule has 0 N–H and O–H groups in total. The Balaban J connectivity index is 2.71. The molecule has 12 heavy (non-hydrogen) atoms. The first kappa shape index (κ1) is 9.99. The third kappa shape index (κ3) is 3.11. The van der Waals surface area contributed by atoms with Crippen molar-refractivity contribution in [3.05, 3.63) is 24.5 Å². The van der Waals surface area contributed by atoms with Crippen molar-refractivity contribution >= 4 is 29.7 Å². The van der Waals surface area contributed by atoms with Crippen molar-refractivity contribution in [3.63, 3.8) is 0 Å². The Hall–Kier alpha value is -0.0900. The maximum absolute atomic E-state index is 5.28. The van der Waals surface area contributed by atoms with Gasteiger partial charge >= 0.3 is 0 Å². The van der Waals surface area contributed by atoms with Crippen LogP contribution in [-0.4, -0.2) is 12.1 Å². The summed E-state index contributed by atoms with van der Waals surface area (Å²) in [4.78, 5) is 3.83. The summed E-state index contributed by atoms with van der Waals surface area (Å²) in [5, 5.41) is 0. The van der Waals surface area contributed by atoms with E-state index in [-0.39, 0.29) is 0 Å². The number of rotatable bonds is 3. The molecule has 1 atom stereocenters. The molecule has 0 fully saturated rings. The molecule has 3 nitrogen and oxygen atoms in total. The van der Waals surface area contributed by atoms with Crippen LogP contribution in [0.2, 0.25) is 0 Å². The molecule has 0 saturated carbocycles. The van der Waals surface area contributed by atoms with Crippen LogP contribution in [0.4, 0.5) is 0 Å². The molecular formula is C6H8NO2PS2. The van der Waals surface area contributed by atoms with Crippen LogP contribution in [0.5, 0.6) is 5.75 Å². The van der Waals surface area contributed by atoms with Gasteiger partial charge in [-0.1, -0.05) is 12.2 Å². The molecule has 0 amide bonds. The Morgan fingerprint density at radius 2 is 2.08 bits per heavy atom. The first-order valence-corrected chi connectivity index (χ1v) is 6.91. The van der Waals surface area contributed by atoms with Gasteiger partial charge in [0.2, 0.25) is 0 Å². The van der Waals surface area contributed by atoms with E-state index in [0.29, 0.717) is 5.75 Å². The Morgan fingerprint density at radius 3 is 2.58 bits per heavy atom. The van der Waals surface area contributed by atoms with Crippen LogP contribution in [0, 0.1) is 0 Å². The van der Waals surface area contributed by atoms with Gasteiger partial charge in [-0.15, -0.1) is 0 Å². The molecule has 1 aromatic heterocycles. The first-order chi connectivity index (χ1) is 5.64. The largest absolute Gasteiger partial charge is 0.436 e. The standard InChI is InChI=1S/C6H8NO2PS2/c1-8-10(11,12)9-6-2-4-7-5-3-6/h2-5H,1H3,(H,11,12). The minimum absolute atomic E-state index is 0.630. The molecule has 0 aliphatic carbocycles. The van der Waals surface area contributed by atoms with Gasteiger partial charge in [-0.25, -0.2) is 0 Å². The zero-order valence-electron chi connectivity index (χ0n) is 6.38. The Bertz CT molecular complexity index is 293. The van der Waals surface area contributed by atoms with Crippen molar-refractivity contribution in [1.82, 2.24) is 4.98 Å². The minimum atomic E-state index is -2.40. The second kappa shape index (κ2) is 4.23. The van der Waals surface area contributed by atoms with Gasteiger partial charge in [0.25, 0.3) is 5.69 Å². The Morgan fingerprint density at radius 1 is 1.50 bits per heavy atom. The van der Waals surface area contributed by atoms with Gasteiger partial charge in [0.1, 0.15) is 5.75 Å². The van der Waals surface area contributed by atoms with Crippen molar-refractivity contribution in [3.8, 4) is 5.75 Å². The van der Waals surface area contributed by atoms with Gasteiger partial charge in [-0.2, -0.15) is 0 Å². The fourth-order valence-electron chi connectivity index (χ4n) is 0.570. The molecule has 0 aliphatic heterocycles. The zero-order chi connectivity index (χ0) is 9.03. The Kier molecular flexibility index (Phi) is 3.53. The quantitative estimate of drug-likeness (QED) is 0.626. The van der Waals surface area contributed by atoms with E-state index in [1.54, 1.807) is 24.5 Å². The van der Waals surface area contributed by atoms with Crippen LogP contribution >= 0.6 is 17.9 Å². The maximum atomic E-state index is 5.28. The average Bonchev–Trinajstić information content (AvgIpc) is 2.06. The second-order valence-electron chi connectivity index (χ2n) is 1.93. The molecule has 0 spiro atoms. The first-order valence-electron chi connectivity index (χ1n) is 3.12. The fraction of sp³-hybridized carbons (Fsp3) is 0.167. The van der Waals surface area contributed by atoms with Crippen LogP contribution in [0.25, 0.3) is 0 Å². The summed E-state index contributed by atoms with van der Waals surface area (Å²) < 4.78 is 10.2. The van der Waals surface area contributed by atoms with Crippen LogP contribution in [0.3, 0.4) is 0 Å². The summed E-state index contributed by atoms with van der Waals surface area (Å²) in [5.41, 5.74) is -2.40. The van der Waals surface area contributed by atoms with Crippen molar-refractivity contribution in [1.29, 1.82) is 0 Å². The van der Waals surface area contributed by atoms with Crippen LogP contribution in [-0.2, 0) is 16.3 Å². The molecule has 1 rings (SSSR count). The van der Waals surface area contributed by atoms with Gasteiger partial charge in [0.05, 0.1) is 0 Å². The monoisotopic (exact) mass is 221 g/mol. The smallest absolute Gasteiger partial charge is 0.294 e. The third-order valence-electron chi connectivity index (χ3n) is 1.10. The fourth-order valence-corrected chi connectivity index (χ4v) is 1.57. The predicted octanol–water partition coefficient (Wildman–Crippen LogP) is 2.26. The summed E-state index contributed by atoms with van der Waals surface area (Å²) in [7, 11) is 1.48. The molecule has 0 saturated heterocycles. The molecule has 1 aromatic rings. The zero-order valence-corrected chi connectivity index (χ0v) is 8.98. The summed E-state index contributed by atoms with van der Waals surface area (Å²) >= 11 is 9.00. The molecule has 0 aliphatic rings. The van der Waals surface area contributed by atoms with Gasteiger partial charge in [0, 0.05) is 19.5 Å². The van der Waals surface area contributed by atoms with Crippen molar-refractivity contribution in [2.24, 2.45) is 0 Å². The molecule has 0 radical (unpaired) electrons. The number of nitrogens with zero attached hydrogens (tertiary/aromatic N) is 1. The molecule has 0 bridgehead atoms. The lowest BCUT2D eigenvalue weighted by molar-refractivity contribution is 0.409. The summed E-state index contributed by atoms with van der Waals surface area (Å²) in [6, 6.07) is 3.41. The van der Waals surface area contributed by atoms with E-state index >= 15 is 0 Å². The highest BCUT2D eigenvalue weighted by Crippen LogP contribution is 2.52. The van der Waals surface area contributed by atoms with E-state index < -0.39 is 5.69 Å². The SMILES string of the molecule is COP(=S)(S)Oc1ccncc1. The van der Waals surface area contributed by atoms with Gasteiger partial charge in [0.15, 0.2) is 0 Å². The number of pyridine rings is 1. The van der Waals surface area contributed by atoms with Gasteiger partial charge in [-0.3, -0.25) is 4.98 Å². The summed E-state index contributed by atoms with van der Waals surface area (Å²) in [5.74, 6) is 0.630. The number of aromatic nitrogens is 1. The van der Waals surface area contributed by atoms with Crippen molar-refractivity contribution in [2.45, 2.75) is 0 Å². The number of thiol groups is 1. The van der Waals surface area contributed by atoms with Crippen LogP contribution in [0.15, 0.2) is 24.5 Å². The second-order valence-corrected chi connectivity index (χ2v) is 7.24. The van der Waals surface area contributed by atoms with Crippen LogP contribution < -0.4 is 4.52 Å². The van der Waals surface area contributed by atoms with Gasteiger partial charge in [-0.05, 0) is 23.9 Å². The van der Waals surface area contributed by atoms with E-state index in [0.717, 1.165) is 0 Å². The third-order valence-corrected chi connectivity index (χ3v) is 3.41. The maximum Gasteiger partial charge on any atom is 0.294 e. The highest BCUT2D eigenvalue weighted by Gasteiger charge is 2.11. The lowest BCUT2D eigenvalue weighted by Gasteiger charge is -2.14. The van der Waals surface area contributed by atoms with Crippen LogP contribution in [0.1, 0.15) is 0 Å².